The van der Waals surface area contributed by atoms with Crippen molar-refractivity contribution in [2.75, 3.05) is 9.80 Å². The molecular weight excluding hydrogens is 472 g/mol. The van der Waals surface area contributed by atoms with Crippen LogP contribution in [0.5, 0.6) is 0 Å². The van der Waals surface area contributed by atoms with Gasteiger partial charge in [0, 0.05) is 34.4 Å². The molecular formula is C37H34N2. The van der Waals surface area contributed by atoms with Gasteiger partial charge in [0.15, 0.2) is 0 Å². The predicted molar refractivity (Wildman–Crippen MR) is 166 cm³/mol. The average molecular weight is 507 g/mol. The second kappa shape index (κ2) is 11.4. The molecule has 4 aromatic carbocycles. The van der Waals surface area contributed by atoms with Crippen molar-refractivity contribution in [1.29, 1.82) is 0 Å². The van der Waals surface area contributed by atoms with E-state index < -0.39 is 0 Å². The molecule has 2 nitrogen and oxygen atoms in total. The van der Waals surface area contributed by atoms with Gasteiger partial charge in [0.2, 0.25) is 0 Å². The number of rotatable bonds is 7. The van der Waals surface area contributed by atoms with Gasteiger partial charge in [-0.25, -0.2) is 0 Å². The van der Waals surface area contributed by atoms with E-state index >= 15 is 0 Å². The Morgan fingerprint density at radius 1 is 0.615 bits per heavy atom. The maximum Gasteiger partial charge on any atom is 0.0559 e. The Kier molecular flexibility index (Phi) is 7.27. The minimum Gasteiger partial charge on any atom is -0.335 e. The van der Waals surface area contributed by atoms with Crippen molar-refractivity contribution in [3.05, 3.63) is 169 Å². The Hall–Kier alpha value is -4.56. The molecule has 0 bridgehead atoms. The van der Waals surface area contributed by atoms with E-state index in [-0.39, 0.29) is 0 Å². The van der Waals surface area contributed by atoms with Crippen LogP contribution >= 0.6 is 0 Å². The van der Waals surface area contributed by atoms with Crippen LogP contribution in [0.2, 0.25) is 0 Å². The summed E-state index contributed by atoms with van der Waals surface area (Å²) in [4.78, 5) is 4.81. The molecule has 2 heteroatoms. The lowest BCUT2D eigenvalue weighted by molar-refractivity contribution is 0.745. The maximum absolute atomic E-state index is 2.47. The zero-order chi connectivity index (χ0) is 26.4. The average Bonchev–Trinajstić information content (AvgIpc) is 3.01. The van der Waals surface area contributed by atoms with Crippen LogP contribution in [0, 0.1) is 6.92 Å². The van der Waals surface area contributed by atoms with Crippen LogP contribution in [0.4, 0.5) is 22.7 Å². The van der Waals surface area contributed by atoms with Crippen molar-refractivity contribution in [3.63, 3.8) is 0 Å². The molecule has 0 N–H and O–H groups in total. The number of anilines is 4. The Balaban J connectivity index is 1.25. The summed E-state index contributed by atoms with van der Waals surface area (Å²) in [6, 6.07) is 39.4. The standard InChI is InChI=1S/C37H34N2/c1-29-13-11-12-20-37(29)39(34-18-9-4-10-19-34)36-27-23-31(24-28-36)30-21-25-35(26-22-30)38(32-14-5-2-6-15-32)33-16-7-3-8-17-33/h2-16,18-21,23-28,30,33H,17,22H2,1H3. The quantitative estimate of drug-likeness (QED) is 0.246. The molecule has 0 saturated carbocycles. The summed E-state index contributed by atoms with van der Waals surface area (Å²) in [5.74, 6) is 0.367. The smallest absolute Gasteiger partial charge is 0.0559 e. The van der Waals surface area contributed by atoms with Crippen LogP contribution < -0.4 is 9.80 Å². The first kappa shape index (κ1) is 24.8. The van der Waals surface area contributed by atoms with Gasteiger partial charge in [-0.3, -0.25) is 0 Å². The van der Waals surface area contributed by atoms with Crippen molar-refractivity contribution < 1.29 is 0 Å². The topological polar surface area (TPSA) is 6.48 Å². The number of hydrogen-bond acceptors (Lipinski definition) is 2. The number of benzene rings is 4. The van der Waals surface area contributed by atoms with Crippen LogP contribution in [0.25, 0.3) is 0 Å². The summed E-state index contributed by atoms with van der Waals surface area (Å²) in [5.41, 5.74) is 8.64. The number of allylic oxidation sites excluding steroid dienone is 5. The van der Waals surface area contributed by atoms with Gasteiger partial charge in [0.25, 0.3) is 0 Å². The van der Waals surface area contributed by atoms with Crippen molar-refractivity contribution in [2.24, 2.45) is 0 Å². The SMILES string of the molecule is Cc1ccccc1N(c1ccccc1)c1ccc(C2C=CC(N(c3ccccc3)C3C=CC=CC3)=CC2)cc1. The molecule has 0 spiro atoms. The monoisotopic (exact) mass is 506 g/mol. The van der Waals surface area contributed by atoms with Gasteiger partial charge in [0.05, 0.1) is 6.04 Å². The molecule has 192 valence electrons. The third-order valence-corrected chi connectivity index (χ3v) is 7.63. The van der Waals surface area contributed by atoms with Gasteiger partial charge in [0.1, 0.15) is 0 Å². The first-order valence-electron chi connectivity index (χ1n) is 13.8. The Bertz CT molecular complexity index is 1510. The van der Waals surface area contributed by atoms with Crippen LogP contribution in [0.15, 0.2) is 157 Å². The number of nitrogens with zero attached hydrogens (tertiary/aromatic N) is 2. The van der Waals surface area contributed by atoms with E-state index in [0.29, 0.717) is 12.0 Å². The summed E-state index contributed by atoms with van der Waals surface area (Å²) in [6.07, 6.45) is 18.0. The number of hydrogen-bond donors (Lipinski definition) is 0. The predicted octanol–water partition coefficient (Wildman–Crippen LogP) is 9.78. The molecule has 39 heavy (non-hydrogen) atoms. The molecule has 0 aliphatic heterocycles. The molecule has 0 fully saturated rings. The lowest BCUT2D eigenvalue weighted by Crippen LogP contribution is -2.33. The highest BCUT2D eigenvalue weighted by molar-refractivity contribution is 5.78. The zero-order valence-electron chi connectivity index (χ0n) is 22.4. The summed E-state index contributed by atoms with van der Waals surface area (Å²) in [6.45, 7) is 2.18. The van der Waals surface area contributed by atoms with E-state index in [1.807, 2.05) is 0 Å². The van der Waals surface area contributed by atoms with Gasteiger partial charge >= 0.3 is 0 Å². The third kappa shape index (κ3) is 5.37. The van der Waals surface area contributed by atoms with Crippen molar-refractivity contribution in [1.82, 2.24) is 0 Å². The minimum atomic E-state index is 0.328. The van der Waals surface area contributed by atoms with Gasteiger partial charge in [-0.15, -0.1) is 0 Å². The molecule has 6 rings (SSSR count). The van der Waals surface area contributed by atoms with Gasteiger partial charge in [-0.2, -0.15) is 0 Å². The fourth-order valence-corrected chi connectivity index (χ4v) is 5.60. The highest BCUT2D eigenvalue weighted by Crippen LogP contribution is 2.38. The van der Waals surface area contributed by atoms with Crippen LogP contribution in [-0.2, 0) is 0 Å². The molecule has 0 amide bonds. The Morgan fingerprint density at radius 3 is 1.92 bits per heavy atom. The van der Waals surface area contributed by atoms with E-state index in [2.05, 4.69) is 168 Å². The lowest BCUT2D eigenvalue weighted by Gasteiger charge is -2.35. The van der Waals surface area contributed by atoms with E-state index in [1.165, 1.54) is 33.9 Å². The maximum atomic E-state index is 2.47. The third-order valence-electron chi connectivity index (χ3n) is 7.63. The van der Waals surface area contributed by atoms with E-state index in [0.717, 1.165) is 18.5 Å². The molecule has 0 heterocycles. The molecule has 0 aromatic heterocycles. The fourth-order valence-electron chi connectivity index (χ4n) is 5.60. The largest absolute Gasteiger partial charge is 0.335 e. The van der Waals surface area contributed by atoms with Crippen molar-refractivity contribution in [2.45, 2.75) is 31.7 Å². The number of aryl methyl sites for hydroxylation is 1. The van der Waals surface area contributed by atoms with Gasteiger partial charge < -0.3 is 9.80 Å². The first-order valence-corrected chi connectivity index (χ1v) is 13.8. The molecule has 2 unspecified atom stereocenters. The highest BCUT2D eigenvalue weighted by Gasteiger charge is 2.22. The van der Waals surface area contributed by atoms with Crippen molar-refractivity contribution >= 4 is 22.7 Å². The van der Waals surface area contributed by atoms with Crippen molar-refractivity contribution in [3.8, 4) is 0 Å². The van der Waals surface area contributed by atoms with E-state index in [9.17, 15) is 0 Å². The summed E-state index contributed by atoms with van der Waals surface area (Å²) in [5, 5.41) is 0. The summed E-state index contributed by atoms with van der Waals surface area (Å²) >= 11 is 0. The van der Waals surface area contributed by atoms with Crippen LogP contribution in [-0.4, -0.2) is 6.04 Å². The normalized spacial score (nSPS) is 18.0. The highest BCUT2D eigenvalue weighted by atomic mass is 15.2. The Labute approximate surface area is 232 Å². The zero-order valence-corrected chi connectivity index (χ0v) is 22.4. The van der Waals surface area contributed by atoms with E-state index in [1.54, 1.807) is 0 Å². The molecule has 2 aliphatic carbocycles. The summed E-state index contributed by atoms with van der Waals surface area (Å²) in [7, 11) is 0. The van der Waals surface area contributed by atoms with E-state index in [4.69, 9.17) is 0 Å². The first-order chi connectivity index (χ1) is 19.3. The Morgan fingerprint density at radius 2 is 1.28 bits per heavy atom. The second-order valence-electron chi connectivity index (χ2n) is 10.2. The molecule has 0 radical (unpaired) electrons. The molecule has 4 aromatic rings. The van der Waals surface area contributed by atoms with Crippen LogP contribution in [0.1, 0.15) is 29.9 Å². The lowest BCUT2D eigenvalue weighted by atomic mass is 9.90. The summed E-state index contributed by atoms with van der Waals surface area (Å²) < 4.78 is 0. The number of para-hydroxylation sites is 3. The molecule has 2 atom stereocenters. The molecule has 0 saturated heterocycles. The fraction of sp³-hybridized carbons (Fsp3) is 0.135. The van der Waals surface area contributed by atoms with Gasteiger partial charge in [-0.05, 0) is 79.4 Å². The minimum absolute atomic E-state index is 0.328. The van der Waals surface area contributed by atoms with Gasteiger partial charge in [-0.1, -0.05) is 103 Å². The second-order valence-corrected chi connectivity index (χ2v) is 10.2. The molecule has 2 aliphatic rings. The van der Waals surface area contributed by atoms with Crippen LogP contribution in [0.3, 0.4) is 0 Å².